The molecule has 1 aliphatic rings. The van der Waals surface area contributed by atoms with Crippen molar-refractivity contribution in [3.63, 3.8) is 0 Å². The van der Waals surface area contributed by atoms with E-state index in [1.54, 1.807) is 12.0 Å². The van der Waals surface area contributed by atoms with E-state index in [2.05, 4.69) is 5.32 Å². The molecule has 0 aliphatic carbocycles. The average Bonchev–Trinajstić information content (AvgIpc) is 2.69. The van der Waals surface area contributed by atoms with Gasteiger partial charge in [-0.1, -0.05) is 0 Å². The van der Waals surface area contributed by atoms with Gasteiger partial charge in [0.1, 0.15) is 0 Å². The molecular formula is C10H20N2O2. The van der Waals surface area contributed by atoms with Crippen molar-refractivity contribution in [2.24, 2.45) is 0 Å². The van der Waals surface area contributed by atoms with E-state index in [-0.39, 0.29) is 11.9 Å². The highest BCUT2D eigenvalue weighted by Crippen LogP contribution is 2.07. The van der Waals surface area contributed by atoms with Crippen LogP contribution in [0.2, 0.25) is 0 Å². The first-order chi connectivity index (χ1) is 6.75. The predicted molar refractivity (Wildman–Crippen MR) is 55.2 cm³/mol. The molecule has 1 N–H and O–H groups in total. The van der Waals surface area contributed by atoms with Gasteiger partial charge >= 0.3 is 0 Å². The van der Waals surface area contributed by atoms with E-state index in [9.17, 15) is 4.79 Å². The lowest BCUT2D eigenvalue weighted by atomic mass is 10.2. The van der Waals surface area contributed by atoms with Gasteiger partial charge in [-0.05, 0) is 25.8 Å². The van der Waals surface area contributed by atoms with Crippen molar-refractivity contribution in [3.05, 3.63) is 0 Å². The number of methoxy groups -OCH3 is 1. The standard InChI is InChI=1S/C10H20N2O2/c1-12(7-4-8-14-2)10(13)9-5-3-6-11-9/h9,11H,3-8H2,1-2H3. The van der Waals surface area contributed by atoms with E-state index in [0.717, 1.165) is 39.0 Å². The summed E-state index contributed by atoms with van der Waals surface area (Å²) in [5.41, 5.74) is 0. The molecule has 0 saturated carbocycles. The molecule has 4 heteroatoms. The van der Waals surface area contributed by atoms with Crippen molar-refractivity contribution in [1.29, 1.82) is 0 Å². The molecule has 14 heavy (non-hydrogen) atoms. The number of amides is 1. The third-order valence-corrected chi connectivity index (χ3v) is 2.58. The first kappa shape index (κ1) is 11.5. The number of hydrogen-bond donors (Lipinski definition) is 1. The SMILES string of the molecule is COCCCN(C)C(=O)C1CCCN1. The summed E-state index contributed by atoms with van der Waals surface area (Å²) in [4.78, 5) is 13.6. The zero-order chi connectivity index (χ0) is 10.4. The van der Waals surface area contributed by atoms with E-state index < -0.39 is 0 Å². The second-order valence-corrected chi connectivity index (χ2v) is 3.76. The van der Waals surface area contributed by atoms with Crippen LogP contribution < -0.4 is 5.32 Å². The molecule has 0 aromatic heterocycles. The van der Waals surface area contributed by atoms with E-state index >= 15 is 0 Å². The second kappa shape index (κ2) is 5.98. The Kier molecular flexibility index (Phi) is 4.90. The van der Waals surface area contributed by atoms with Crippen molar-refractivity contribution in [1.82, 2.24) is 10.2 Å². The van der Waals surface area contributed by atoms with Gasteiger partial charge in [0.2, 0.25) is 5.91 Å². The van der Waals surface area contributed by atoms with Gasteiger partial charge in [-0.3, -0.25) is 4.79 Å². The summed E-state index contributed by atoms with van der Waals surface area (Å²) in [5.74, 6) is 0.221. The quantitative estimate of drug-likeness (QED) is 0.646. The molecule has 1 atom stereocenters. The van der Waals surface area contributed by atoms with Crippen LogP contribution in [-0.4, -0.2) is 50.7 Å². The second-order valence-electron chi connectivity index (χ2n) is 3.76. The highest BCUT2D eigenvalue weighted by atomic mass is 16.5. The summed E-state index contributed by atoms with van der Waals surface area (Å²) in [6, 6.07) is 0.0579. The molecule has 1 saturated heterocycles. The van der Waals surface area contributed by atoms with Gasteiger partial charge in [0.25, 0.3) is 0 Å². The molecule has 0 bridgehead atoms. The summed E-state index contributed by atoms with van der Waals surface area (Å²) < 4.78 is 4.94. The molecule has 0 aromatic rings. The zero-order valence-corrected chi connectivity index (χ0v) is 9.08. The van der Waals surface area contributed by atoms with E-state index in [1.807, 2.05) is 7.05 Å². The van der Waals surface area contributed by atoms with Crippen LogP contribution in [0.25, 0.3) is 0 Å². The third kappa shape index (κ3) is 3.27. The molecule has 1 aliphatic heterocycles. The van der Waals surface area contributed by atoms with Gasteiger partial charge in [0.05, 0.1) is 6.04 Å². The molecule has 1 unspecified atom stereocenters. The fourth-order valence-corrected chi connectivity index (χ4v) is 1.72. The molecular weight excluding hydrogens is 180 g/mol. The van der Waals surface area contributed by atoms with Crippen LogP contribution in [0.4, 0.5) is 0 Å². The minimum absolute atomic E-state index is 0.0579. The Morgan fingerprint density at radius 1 is 1.64 bits per heavy atom. The van der Waals surface area contributed by atoms with Gasteiger partial charge < -0.3 is 15.0 Å². The van der Waals surface area contributed by atoms with Gasteiger partial charge in [0.15, 0.2) is 0 Å². The maximum absolute atomic E-state index is 11.8. The van der Waals surface area contributed by atoms with Gasteiger partial charge in [-0.2, -0.15) is 0 Å². The zero-order valence-electron chi connectivity index (χ0n) is 9.08. The van der Waals surface area contributed by atoms with E-state index in [1.165, 1.54) is 0 Å². The molecule has 0 radical (unpaired) electrons. The largest absolute Gasteiger partial charge is 0.385 e. The van der Waals surface area contributed by atoms with Crippen molar-refractivity contribution >= 4 is 5.91 Å². The number of rotatable bonds is 5. The number of carbonyl (C=O) groups excluding carboxylic acids is 1. The first-order valence-electron chi connectivity index (χ1n) is 5.23. The van der Waals surface area contributed by atoms with Gasteiger partial charge in [0, 0.05) is 27.3 Å². The maximum atomic E-state index is 11.8. The monoisotopic (exact) mass is 200 g/mol. The number of nitrogens with zero attached hydrogens (tertiary/aromatic N) is 1. The van der Waals surface area contributed by atoms with E-state index in [4.69, 9.17) is 4.74 Å². The van der Waals surface area contributed by atoms with Gasteiger partial charge in [-0.25, -0.2) is 0 Å². The lowest BCUT2D eigenvalue weighted by Gasteiger charge is -2.20. The lowest BCUT2D eigenvalue weighted by Crippen LogP contribution is -2.42. The Bertz CT molecular complexity index is 179. The van der Waals surface area contributed by atoms with Crippen molar-refractivity contribution in [2.45, 2.75) is 25.3 Å². The molecule has 1 fully saturated rings. The Labute approximate surface area is 85.6 Å². The van der Waals surface area contributed by atoms with Crippen molar-refractivity contribution in [3.8, 4) is 0 Å². The third-order valence-electron chi connectivity index (χ3n) is 2.58. The van der Waals surface area contributed by atoms with Crippen LogP contribution in [0.1, 0.15) is 19.3 Å². The molecule has 1 amide bonds. The van der Waals surface area contributed by atoms with Crippen LogP contribution >= 0.6 is 0 Å². The van der Waals surface area contributed by atoms with E-state index in [0.29, 0.717) is 0 Å². The number of carbonyl (C=O) groups is 1. The first-order valence-corrected chi connectivity index (χ1v) is 5.23. The summed E-state index contributed by atoms with van der Waals surface area (Å²) in [7, 11) is 3.54. The predicted octanol–water partition coefficient (Wildman–Crippen LogP) is 0.233. The van der Waals surface area contributed by atoms with Crippen molar-refractivity contribution < 1.29 is 9.53 Å². The maximum Gasteiger partial charge on any atom is 0.239 e. The number of ether oxygens (including phenoxy) is 1. The summed E-state index contributed by atoms with van der Waals surface area (Å²) in [6.45, 7) is 2.48. The van der Waals surface area contributed by atoms with Crippen LogP contribution in [0.15, 0.2) is 0 Å². The molecule has 1 heterocycles. The number of nitrogens with one attached hydrogen (secondary N) is 1. The average molecular weight is 200 g/mol. The van der Waals surface area contributed by atoms with Gasteiger partial charge in [-0.15, -0.1) is 0 Å². The molecule has 1 rings (SSSR count). The van der Waals surface area contributed by atoms with Crippen LogP contribution in [-0.2, 0) is 9.53 Å². The minimum Gasteiger partial charge on any atom is -0.385 e. The van der Waals surface area contributed by atoms with Crippen LogP contribution in [0.5, 0.6) is 0 Å². The Hall–Kier alpha value is -0.610. The smallest absolute Gasteiger partial charge is 0.239 e. The van der Waals surface area contributed by atoms with Crippen LogP contribution in [0, 0.1) is 0 Å². The van der Waals surface area contributed by atoms with Crippen LogP contribution in [0.3, 0.4) is 0 Å². The minimum atomic E-state index is 0.0579. The van der Waals surface area contributed by atoms with Crippen molar-refractivity contribution in [2.75, 3.05) is 33.9 Å². The molecule has 82 valence electrons. The Morgan fingerprint density at radius 2 is 2.43 bits per heavy atom. The Morgan fingerprint density at radius 3 is 3.00 bits per heavy atom. The molecule has 4 nitrogen and oxygen atoms in total. The fraction of sp³-hybridized carbons (Fsp3) is 0.900. The normalized spacial score (nSPS) is 21.1. The number of likely N-dealkylation sites (N-methyl/N-ethyl adjacent to an activating group) is 1. The summed E-state index contributed by atoms with van der Waals surface area (Å²) >= 11 is 0. The molecule has 0 spiro atoms. The summed E-state index contributed by atoms with van der Waals surface area (Å²) in [5, 5.41) is 3.21. The topological polar surface area (TPSA) is 41.6 Å². The lowest BCUT2D eigenvalue weighted by molar-refractivity contribution is -0.131. The highest BCUT2D eigenvalue weighted by Gasteiger charge is 2.24. The fourth-order valence-electron chi connectivity index (χ4n) is 1.72. The highest BCUT2D eigenvalue weighted by molar-refractivity contribution is 5.81. The molecule has 0 aromatic carbocycles. The Balaban J connectivity index is 2.21. The summed E-state index contributed by atoms with van der Waals surface area (Å²) in [6.07, 6.45) is 3.00. The number of hydrogen-bond acceptors (Lipinski definition) is 3.